The van der Waals surface area contributed by atoms with Crippen molar-refractivity contribution in [3.63, 3.8) is 0 Å². The molecule has 28 heavy (non-hydrogen) atoms. The van der Waals surface area contributed by atoms with Gasteiger partial charge in [-0.3, -0.25) is 9.36 Å². The topological polar surface area (TPSA) is 73.8 Å². The van der Waals surface area contributed by atoms with Crippen molar-refractivity contribution in [2.24, 2.45) is 0 Å². The van der Waals surface area contributed by atoms with Crippen LogP contribution in [-0.4, -0.2) is 19.7 Å². The summed E-state index contributed by atoms with van der Waals surface area (Å²) in [5.74, 6) is 1.60. The molecule has 0 radical (unpaired) electrons. The summed E-state index contributed by atoms with van der Waals surface area (Å²) in [6, 6.07) is 14.5. The van der Waals surface area contributed by atoms with Gasteiger partial charge < -0.3 is 4.52 Å². The molecule has 0 saturated heterocycles. The molecule has 142 valence electrons. The molecule has 0 amide bonds. The summed E-state index contributed by atoms with van der Waals surface area (Å²) in [7, 11) is 0. The molecule has 6 nitrogen and oxygen atoms in total. The fourth-order valence-corrected chi connectivity index (χ4v) is 3.92. The number of aromatic nitrogens is 4. The third-order valence-electron chi connectivity index (χ3n) is 4.15. The molecule has 0 spiro atoms. The fraction of sp³-hybridized carbons (Fsp3) is 0.200. The van der Waals surface area contributed by atoms with E-state index >= 15 is 0 Å². The first-order chi connectivity index (χ1) is 13.7. The van der Waals surface area contributed by atoms with E-state index in [1.165, 1.54) is 11.8 Å². The first-order valence-corrected chi connectivity index (χ1v) is 10.2. The van der Waals surface area contributed by atoms with Gasteiger partial charge in [0.2, 0.25) is 5.89 Å². The monoisotopic (exact) mass is 412 g/mol. The van der Waals surface area contributed by atoms with Gasteiger partial charge >= 0.3 is 0 Å². The molecule has 0 aliphatic heterocycles. The van der Waals surface area contributed by atoms with Crippen molar-refractivity contribution in [3.05, 3.63) is 75.6 Å². The molecular formula is C20H17ClN4O2S. The maximum atomic E-state index is 13.2. The number of aryl methyl sites for hydroxylation is 1. The highest BCUT2D eigenvalue weighted by Gasteiger charge is 2.16. The molecule has 0 saturated carbocycles. The van der Waals surface area contributed by atoms with Gasteiger partial charge in [0.25, 0.3) is 5.56 Å². The largest absolute Gasteiger partial charge is 0.338 e. The van der Waals surface area contributed by atoms with Crippen molar-refractivity contribution in [1.29, 1.82) is 0 Å². The van der Waals surface area contributed by atoms with Gasteiger partial charge in [0.05, 0.1) is 27.4 Å². The van der Waals surface area contributed by atoms with Crippen LogP contribution in [0.25, 0.3) is 16.6 Å². The second kappa shape index (κ2) is 8.16. The number of hydrogen-bond donors (Lipinski definition) is 0. The highest BCUT2D eigenvalue weighted by atomic mass is 35.5. The second-order valence-electron chi connectivity index (χ2n) is 6.15. The molecule has 8 heteroatoms. The number of nitrogens with zero attached hydrogens (tertiary/aromatic N) is 4. The first-order valence-electron chi connectivity index (χ1n) is 8.88. The van der Waals surface area contributed by atoms with Crippen molar-refractivity contribution >= 4 is 34.3 Å². The minimum atomic E-state index is -0.168. The number of fused-ring (bicyclic) bond motifs is 1. The minimum Gasteiger partial charge on any atom is -0.338 e. The van der Waals surface area contributed by atoms with Gasteiger partial charge in [-0.15, -0.1) is 0 Å². The smallest absolute Gasteiger partial charge is 0.266 e. The third-order valence-corrected chi connectivity index (χ3v) is 5.39. The van der Waals surface area contributed by atoms with Crippen LogP contribution in [-0.2, 0) is 12.2 Å². The van der Waals surface area contributed by atoms with Gasteiger partial charge in [0.15, 0.2) is 11.0 Å². The lowest BCUT2D eigenvalue weighted by Crippen LogP contribution is -2.22. The lowest BCUT2D eigenvalue weighted by Gasteiger charge is -2.13. The molecule has 4 rings (SSSR count). The Morgan fingerprint density at radius 1 is 1.11 bits per heavy atom. The van der Waals surface area contributed by atoms with Crippen molar-refractivity contribution in [3.8, 4) is 5.69 Å². The van der Waals surface area contributed by atoms with E-state index in [1.54, 1.807) is 22.8 Å². The second-order valence-corrected chi connectivity index (χ2v) is 7.50. The molecule has 2 aromatic heterocycles. The van der Waals surface area contributed by atoms with Crippen LogP contribution in [0, 0.1) is 0 Å². The SMILES string of the molecule is CCCc1noc(CSc2nc3ccccc3c(=O)n2-c2ccccc2Cl)n1. The zero-order chi connectivity index (χ0) is 19.5. The average Bonchev–Trinajstić information content (AvgIpc) is 3.15. The lowest BCUT2D eigenvalue weighted by molar-refractivity contribution is 0.384. The number of benzene rings is 2. The average molecular weight is 413 g/mol. The molecule has 0 bridgehead atoms. The summed E-state index contributed by atoms with van der Waals surface area (Å²) in [6.07, 6.45) is 1.72. The Morgan fingerprint density at radius 2 is 1.89 bits per heavy atom. The van der Waals surface area contributed by atoms with Crippen molar-refractivity contribution in [1.82, 2.24) is 19.7 Å². The number of para-hydroxylation sites is 2. The summed E-state index contributed by atoms with van der Waals surface area (Å²) in [5, 5.41) is 5.51. The molecule has 0 unspecified atom stereocenters. The minimum absolute atomic E-state index is 0.168. The van der Waals surface area contributed by atoms with E-state index in [4.69, 9.17) is 16.1 Å². The van der Waals surface area contributed by atoms with Crippen LogP contribution >= 0.6 is 23.4 Å². The Labute approximate surface area is 170 Å². The van der Waals surface area contributed by atoms with Gasteiger partial charge in [-0.05, 0) is 30.7 Å². The number of halogens is 1. The van der Waals surface area contributed by atoms with Crippen molar-refractivity contribution in [2.45, 2.75) is 30.7 Å². The number of thioether (sulfide) groups is 1. The summed E-state index contributed by atoms with van der Waals surface area (Å²) >= 11 is 7.73. The lowest BCUT2D eigenvalue weighted by atomic mass is 10.2. The van der Waals surface area contributed by atoms with Crippen molar-refractivity contribution < 1.29 is 4.52 Å². The number of rotatable bonds is 6. The molecule has 0 aliphatic carbocycles. The standard InChI is InChI=1S/C20H17ClN4O2S/c1-2-7-17-23-18(27-24-17)12-28-20-22-15-10-5-3-8-13(15)19(26)25(20)16-11-6-4-9-14(16)21/h3-6,8-11H,2,7,12H2,1H3. The molecule has 2 aromatic carbocycles. The molecule has 0 N–H and O–H groups in total. The Balaban J connectivity index is 1.78. The Hall–Kier alpha value is -2.64. The Bertz CT molecular complexity index is 1190. The van der Waals surface area contributed by atoms with Crippen LogP contribution in [0.2, 0.25) is 5.02 Å². The quantitative estimate of drug-likeness (QED) is 0.338. The first kappa shape index (κ1) is 18.7. The molecule has 2 heterocycles. The van der Waals surface area contributed by atoms with Gasteiger partial charge in [0, 0.05) is 6.42 Å². The zero-order valence-corrected chi connectivity index (χ0v) is 16.7. The molecule has 0 atom stereocenters. The van der Waals surface area contributed by atoms with Crippen LogP contribution in [0.15, 0.2) is 63.0 Å². The van der Waals surface area contributed by atoms with E-state index in [0.29, 0.717) is 44.2 Å². The zero-order valence-electron chi connectivity index (χ0n) is 15.1. The highest BCUT2D eigenvalue weighted by Crippen LogP contribution is 2.27. The van der Waals surface area contributed by atoms with E-state index in [9.17, 15) is 4.79 Å². The van der Waals surface area contributed by atoms with Gasteiger partial charge in [0.1, 0.15) is 0 Å². The predicted molar refractivity (Wildman–Crippen MR) is 110 cm³/mol. The summed E-state index contributed by atoms with van der Waals surface area (Å²) in [5.41, 5.74) is 1.06. The predicted octanol–water partition coefficient (Wildman–Crippen LogP) is 4.67. The summed E-state index contributed by atoms with van der Waals surface area (Å²) in [4.78, 5) is 22.3. The highest BCUT2D eigenvalue weighted by molar-refractivity contribution is 7.98. The van der Waals surface area contributed by atoms with Crippen LogP contribution in [0.5, 0.6) is 0 Å². The van der Waals surface area contributed by atoms with E-state index in [1.807, 2.05) is 30.3 Å². The molecule has 4 aromatic rings. The normalized spacial score (nSPS) is 11.2. The van der Waals surface area contributed by atoms with Crippen LogP contribution < -0.4 is 5.56 Å². The van der Waals surface area contributed by atoms with E-state index in [2.05, 4.69) is 22.0 Å². The van der Waals surface area contributed by atoms with Gasteiger partial charge in [-0.25, -0.2) is 4.98 Å². The molecule has 0 fully saturated rings. The van der Waals surface area contributed by atoms with Crippen LogP contribution in [0.4, 0.5) is 0 Å². The van der Waals surface area contributed by atoms with Crippen molar-refractivity contribution in [2.75, 3.05) is 0 Å². The molecular weight excluding hydrogens is 396 g/mol. The van der Waals surface area contributed by atoms with Gasteiger partial charge in [-0.1, -0.05) is 59.7 Å². The Kier molecular flexibility index (Phi) is 5.45. The van der Waals surface area contributed by atoms with E-state index in [0.717, 1.165) is 12.8 Å². The fourth-order valence-electron chi connectivity index (χ4n) is 2.85. The van der Waals surface area contributed by atoms with Crippen LogP contribution in [0.1, 0.15) is 25.1 Å². The van der Waals surface area contributed by atoms with Gasteiger partial charge in [-0.2, -0.15) is 4.98 Å². The Morgan fingerprint density at radius 3 is 2.71 bits per heavy atom. The summed E-state index contributed by atoms with van der Waals surface area (Å²) in [6.45, 7) is 2.06. The van der Waals surface area contributed by atoms with Crippen LogP contribution in [0.3, 0.4) is 0 Å². The molecule has 0 aliphatic rings. The summed E-state index contributed by atoms with van der Waals surface area (Å²) < 4.78 is 6.84. The van der Waals surface area contributed by atoms with E-state index in [-0.39, 0.29) is 5.56 Å². The van der Waals surface area contributed by atoms with E-state index < -0.39 is 0 Å². The third kappa shape index (κ3) is 3.68. The maximum Gasteiger partial charge on any atom is 0.266 e. The number of hydrogen-bond acceptors (Lipinski definition) is 6. The maximum absolute atomic E-state index is 13.2.